The van der Waals surface area contributed by atoms with Gasteiger partial charge in [-0.1, -0.05) is 23.6 Å². The molecule has 0 aromatic carbocycles. The number of nitrogens with one attached hydrogen (secondary N) is 1. The largest absolute Gasteiger partial charge is 0.463 e. The number of nitrogens with two attached hydrogens (primary N) is 1. The maximum Gasteiger partial charge on any atom is 0.311 e. The van der Waals surface area contributed by atoms with Gasteiger partial charge in [0.2, 0.25) is 0 Å². The molecule has 0 aliphatic carbocycles. The highest BCUT2D eigenvalue weighted by atomic mass is 32.1. The summed E-state index contributed by atoms with van der Waals surface area (Å²) < 4.78 is 23.1. The highest BCUT2D eigenvalue weighted by Gasteiger charge is 2.51. The van der Waals surface area contributed by atoms with Crippen LogP contribution in [0.3, 0.4) is 0 Å². The van der Waals surface area contributed by atoms with Gasteiger partial charge < -0.3 is 29.7 Å². The van der Waals surface area contributed by atoms with Gasteiger partial charge in [0, 0.05) is 20.8 Å². The number of aromatic amines is 1. The van der Waals surface area contributed by atoms with E-state index in [1.165, 1.54) is 6.92 Å². The van der Waals surface area contributed by atoms with Crippen molar-refractivity contribution in [3.05, 3.63) is 14.3 Å². The van der Waals surface area contributed by atoms with Crippen molar-refractivity contribution in [2.75, 3.05) is 12.3 Å². The molecule has 1 aliphatic heterocycles. The number of anilines is 1. The van der Waals surface area contributed by atoms with Gasteiger partial charge in [-0.05, 0) is 0 Å². The van der Waals surface area contributed by atoms with Crippen molar-refractivity contribution in [1.82, 2.24) is 14.5 Å². The third-order valence-corrected chi connectivity index (χ3v) is 5.49. The van der Waals surface area contributed by atoms with E-state index in [0.29, 0.717) is 4.70 Å². The minimum absolute atomic E-state index is 0.0333. The summed E-state index contributed by atoms with van der Waals surface area (Å²) in [6, 6.07) is 0. The second-order valence-corrected chi connectivity index (χ2v) is 7.71. The molecule has 1 aliphatic rings. The number of H-pyrrole nitrogens is 1. The Bertz CT molecular complexity index is 1120. The number of nitrogen functional groups attached to an aromatic ring is 1. The molecule has 0 bridgehead atoms. The van der Waals surface area contributed by atoms with E-state index in [2.05, 4.69) is 9.97 Å². The summed E-state index contributed by atoms with van der Waals surface area (Å²) in [7, 11) is 0. The summed E-state index contributed by atoms with van der Waals surface area (Å²) in [6.45, 7) is 3.23. The molecule has 2 aromatic rings. The summed E-state index contributed by atoms with van der Waals surface area (Å²) >= 11 is 5.95. The summed E-state index contributed by atoms with van der Waals surface area (Å²) in [6.07, 6.45) is -4.57. The number of ether oxygens (including phenoxy) is 4. The van der Waals surface area contributed by atoms with E-state index in [0.717, 1.165) is 29.8 Å². The highest BCUT2D eigenvalue weighted by Crippen LogP contribution is 2.36. The molecule has 162 valence electrons. The van der Waals surface area contributed by atoms with Gasteiger partial charge in [0.25, 0.3) is 0 Å². The smallest absolute Gasteiger partial charge is 0.311 e. The molecular formula is C16H18N4O8S2. The first-order valence-electron chi connectivity index (χ1n) is 8.62. The van der Waals surface area contributed by atoms with Crippen molar-refractivity contribution in [2.45, 2.75) is 45.3 Å². The molecule has 12 nitrogen and oxygen atoms in total. The first-order chi connectivity index (χ1) is 14.1. The molecule has 0 unspecified atom stereocenters. The van der Waals surface area contributed by atoms with Crippen molar-refractivity contribution < 1.29 is 33.3 Å². The maximum absolute atomic E-state index is 12.8. The van der Waals surface area contributed by atoms with Crippen LogP contribution < -0.4 is 10.6 Å². The molecule has 0 radical (unpaired) electrons. The second-order valence-electron chi connectivity index (χ2n) is 6.36. The Balaban J connectivity index is 2.13. The van der Waals surface area contributed by atoms with Crippen LogP contribution in [0.25, 0.3) is 10.3 Å². The van der Waals surface area contributed by atoms with Crippen LogP contribution in [0.1, 0.15) is 27.0 Å². The number of fused-ring (bicyclic) bond motifs is 1. The van der Waals surface area contributed by atoms with Gasteiger partial charge >= 0.3 is 22.8 Å². The third-order valence-electron chi connectivity index (χ3n) is 4.10. The Morgan fingerprint density at radius 1 is 1.20 bits per heavy atom. The number of carbonyl (C=O) groups is 3. The van der Waals surface area contributed by atoms with Crippen molar-refractivity contribution in [3.63, 3.8) is 0 Å². The Kier molecular flexibility index (Phi) is 6.19. The highest BCUT2D eigenvalue weighted by molar-refractivity contribution is 7.71. The Labute approximate surface area is 177 Å². The fraction of sp³-hybridized carbons (Fsp3) is 0.500. The molecule has 4 atom stereocenters. The van der Waals surface area contributed by atoms with Crippen LogP contribution in [0.4, 0.5) is 5.95 Å². The number of thiazole rings is 1. The van der Waals surface area contributed by atoms with Crippen molar-refractivity contribution in [2.24, 2.45) is 0 Å². The van der Waals surface area contributed by atoms with E-state index in [1.807, 2.05) is 0 Å². The SMILES string of the molecule is CC(=O)OC[C@H]1O[C@@H](n2c(=O)sc3c(=S)nc(N)[nH]c32)[C@H](OC(C)=O)[C@@H]1OC(C)=O. The number of carbonyl (C=O) groups excluding carboxylic acids is 3. The minimum atomic E-state index is -1.22. The lowest BCUT2D eigenvalue weighted by atomic mass is 10.1. The maximum atomic E-state index is 12.8. The number of esters is 3. The molecule has 1 saturated heterocycles. The van der Waals surface area contributed by atoms with Crippen LogP contribution in [-0.2, 0) is 33.3 Å². The molecule has 0 amide bonds. The van der Waals surface area contributed by atoms with Crippen molar-refractivity contribution in [1.29, 1.82) is 0 Å². The van der Waals surface area contributed by atoms with E-state index in [-0.39, 0.29) is 22.8 Å². The quantitative estimate of drug-likeness (QED) is 0.362. The molecule has 1 fully saturated rings. The molecular weight excluding hydrogens is 440 g/mol. The van der Waals surface area contributed by atoms with E-state index in [4.69, 9.17) is 36.9 Å². The van der Waals surface area contributed by atoms with Gasteiger partial charge in [-0.3, -0.25) is 23.7 Å². The predicted octanol–water partition coefficient (Wildman–Crippen LogP) is 0.422. The first kappa shape index (κ1) is 21.9. The minimum Gasteiger partial charge on any atom is -0.463 e. The monoisotopic (exact) mass is 458 g/mol. The summed E-state index contributed by atoms with van der Waals surface area (Å²) in [5, 5.41) is 0. The molecule has 3 heterocycles. The lowest BCUT2D eigenvalue weighted by Crippen LogP contribution is -2.41. The summed E-state index contributed by atoms with van der Waals surface area (Å²) in [4.78, 5) is 53.5. The van der Waals surface area contributed by atoms with Gasteiger partial charge in [-0.25, -0.2) is 4.98 Å². The summed E-state index contributed by atoms with van der Waals surface area (Å²) in [5.74, 6) is -1.99. The van der Waals surface area contributed by atoms with Crippen LogP contribution in [0.15, 0.2) is 4.79 Å². The van der Waals surface area contributed by atoms with E-state index in [1.54, 1.807) is 0 Å². The number of rotatable bonds is 5. The van der Waals surface area contributed by atoms with E-state index >= 15 is 0 Å². The molecule has 14 heteroatoms. The molecule has 3 N–H and O–H groups in total. The van der Waals surface area contributed by atoms with Crippen LogP contribution in [-0.4, -0.2) is 57.4 Å². The number of hydrogen-bond donors (Lipinski definition) is 2. The average Bonchev–Trinajstić information content (AvgIpc) is 3.10. The number of hydrogen-bond acceptors (Lipinski definition) is 12. The zero-order valence-corrected chi connectivity index (χ0v) is 17.7. The van der Waals surface area contributed by atoms with Crippen molar-refractivity contribution >= 4 is 57.8 Å². The van der Waals surface area contributed by atoms with Crippen LogP contribution >= 0.6 is 23.6 Å². The lowest BCUT2D eigenvalue weighted by molar-refractivity contribution is -0.166. The molecule has 0 saturated carbocycles. The molecule has 2 aromatic heterocycles. The standard InChI is InChI=1S/C16H18N4O8S2/c1-5(21)25-4-8-9(26-6(2)22)10(27-7(3)23)14(28-8)20-12-11(30-16(20)24)13(29)19-15(17)18-12/h8-10,14H,4H2,1-3H3,(H3,17,18,19,29)/t8-,9-,10-,14-/m1/s1. The van der Waals surface area contributed by atoms with Gasteiger partial charge in [0.05, 0.1) is 0 Å². The number of nitrogens with zero attached hydrogens (tertiary/aromatic N) is 2. The lowest BCUT2D eigenvalue weighted by Gasteiger charge is -2.23. The molecule has 3 rings (SSSR count). The summed E-state index contributed by atoms with van der Waals surface area (Å²) in [5.41, 5.74) is 5.93. The van der Waals surface area contributed by atoms with Gasteiger partial charge in [0.1, 0.15) is 23.1 Å². The van der Waals surface area contributed by atoms with Crippen LogP contribution in [0.2, 0.25) is 0 Å². The van der Waals surface area contributed by atoms with Gasteiger partial charge in [-0.15, -0.1) is 0 Å². The van der Waals surface area contributed by atoms with Crippen LogP contribution in [0, 0.1) is 4.64 Å². The Morgan fingerprint density at radius 2 is 1.83 bits per heavy atom. The van der Waals surface area contributed by atoms with Crippen LogP contribution in [0.5, 0.6) is 0 Å². The second kappa shape index (κ2) is 8.49. The zero-order chi connectivity index (χ0) is 22.2. The van der Waals surface area contributed by atoms with Gasteiger partial charge in [-0.2, -0.15) is 0 Å². The third kappa shape index (κ3) is 4.34. The van der Waals surface area contributed by atoms with E-state index in [9.17, 15) is 19.2 Å². The fourth-order valence-electron chi connectivity index (χ4n) is 3.09. The first-order valence-corrected chi connectivity index (χ1v) is 9.85. The topological polar surface area (TPSA) is 165 Å². The molecule has 0 spiro atoms. The predicted molar refractivity (Wildman–Crippen MR) is 105 cm³/mol. The van der Waals surface area contributed by atoms with Gasteiger partial charge in [0.15, 0.2) is 29.0 Å². The fourth-order valence-corrected chi connectivity index (χ4v) is 4.26. The Hall–Kier alpha value is -2.84. The van der Waals surface area contributed by atoms with E-state index < -0.39 is 47.3 Å². The van der Waals surface area contributed by atoms with Crippen molar-refractivity contribution in [3.8, 4) is 0 Å². The number of aromatic nitrogens is 3. The zero-order valence-electron chi connectivity index (χ0n) is 16.1. The Morgan fingerprint density at radius 3 is 2.43 bits per heavy atom. The normalized spacial score (nSPS) is 23.3. The molecule has 30 heavy (non-hydrogen) atoms. The average molecular weight is 458 g/mol.